The number of aliphatic hydroxyl groups is 1. The molecule has 3 aromatic carbocycles. The smallest absolute Gasteiger partial charge is 0.181 e. The van der Waals surface area contributed by atoms with Crippen molar-refractivity contribution in [2.45, 2.75) is 17.4 Å². The van der Waals surface area contributed by atoms with Gasteiger partial charge in [-0.2, -0.15) is 0 Å². The second kappa shape index (κ2) is 7.64. The van der Waals surface area contributed by atoms with E-state index in [-0.39, 0.29) is 4.90 Å². The van der Waals surface area contributed by atoms with Gasteiger partial charge >= 0.3 is 0 Å². The fraction of sp³-hybridized carbons (Fsp3) is 0.143. The van der Waals surface area contributed by atoms with Crippen LogP contribution in [0.2, 0.25) is 10.0 Å². The van der Waals surface area contributed by atoms with Crippen LogP contribution in [0.3, 0.4) is 0 Å². The van der Waals surface area contributed by atoms with E-state index in [9.17, 15) is 13.5 Å². The van der Waals surface area contributed by atoms with Gasteiger partial charge in [-0.05, 0) is 54.4 Å². The van der Waals surface area contributed by atoms with Gasteiger partial charge in [-0.3, -0.25) is 0 Å². The molecule has 0 heterocycles. The summed E-state index contributed by atoms with van der Waals surface area (Å²) in [5.41, 5.74) is 0.0771. The van der Waals surface area contributed by atoms with Crippen molar-refractivity contribution in [1.29, 1.82) is 0 Å². The summed E-state index contributed by atoms with van der Waals surface area (Å²) >= 11 is 11.9. The van der Waals surface area contributed by atoms with Gasteiger partial charge in [0.1, 0.15) is 5.60 Å². The lowest BCUT2D eigenvalue weighted by molar-refractivity contribution is 0.105. The summed E-state index contributed by atoms with van der Waals surface area (Å²) in [5, 5.41) is 12.5. The Morgan fingerprint density at radius 3 is 1.59 bits per heavy atom. The maximum absolute atomic E-state index is 13.0. The van der Waals surface area contributed by atoms with Crippen molar-refractivity contribution in [1.82, 2.24) is 0 Å². The monoisotopic (exact) mass is 420 g/mol. The number of halogens is 2. The Balaban J connectivity index is 2.10. The summed E-state index contributed by atoms with van der Waals surface area (Å²) < 4.78 is 26.1. The van der Waals surface area contributed by atoms with Crippen LogP contribution in [0, 0.1) is 6.92 Å². The third kappa shape index (κ3) is 4.36. The number of hydrogen-bond acceptors (Lipinski definition) is 3. The molecule has 0 atom stereocenters. The zero-order valence-corrected chi connectivity index (χ0v) is 16.9. The summed E-state index contributed by atoms with van der Waals surface area (Å²) in [6, 6.07) is 19.6. The first-order valence-electron chi connectivity index (χ1n) is 8.25. The lowest BCUT2D eigenvalue weighted by atomic mass is 9.88. The topological polar surface area (TPSA) is 54.4 Å². The standard InChI is InChI=1S/C21H18Cl2O3S/c1-15-2-12-20(13-3-15)27(25,26)14-21(24,16-4-8-18(22)9-5-16)17-6-10-19(23)11-7-17/h2-13,24H,14H2,1H3. The minimum Gasteiger partial charge on any atom is -0.379 e. The molecule has 3 rings (SSSR count). The highest BCUT2D eigenvalue weighted by Gasteiger charge is 2.37. The molecule has 0 bridgehead atoms. The third-order valence-electron chi connectivity index (χ3n) is 4.42. The average Bonchev–Trinajstić information content (AvgIpc) is 2.62. The molecule has 1 N–H and O–H groups in total. The van der Waals surface area contributed by atoms with Crippen molar-refractivity contribution in [2.24, 2.45) is 0 Å². The first-order valence-corrected chi connectivity index (χ1v) is 10.7. The van der Waals surface area contributed by atoms with Crippen molar-refractivity contribution in [3.63, 3.8) is 0 Å². The van der Waals surface area contributed by atoms with Crippen molar-refractivity contribution in [3.05, 3.63) is 99.5 Å². The largest absolute Gasteiger partial charge is 0.379 e. The normalized spacial score (nSPS) is 12.1. The van der Waals surface area contributed by atoms with Gasteiger partial charge in [0.2, 0.25) is 0 Å². The van der Waals surface area contributed by atoms with Crippen molar-refractivity contribution >= 4 is 33.0 Å². The van der Waals surface area contributed by atoms with Crippen LogP contribution >= 0.6 is 23.2 Å². The van der Waals surface area contributed by atoms with Crippen LogP contribution in [0.1, 0.15) is 16.7 Å². The van der Waals surface area contributed by atoms with Gasteiger partial charge in [-0.15, -0.1) is 0 Å². The number of hydrogen-bond donors (Lipinski definition) is 1. The molecule has 0 amide bonds. The lowest BCUT2D eigenvalue weighted by Crippen LogP contribution is -2.35. The van der Waals surface area contributed by atoms with E-state index in [0.717, 1.165) is 5.56 Å². The first-order chi connectivity index (χ1) is 12.7. The Morgan fingerprint density at radius 1 is 0.778 bits per heavy atom. The van der Waals surface area contributed by atoms with Gasteiger partial charge < -0.3 is 5.11 Å². The molecule has 0 aromatic heterocycles. The molecule has 0 aliphatic heterocycles. The Kier molecular flexibility index (Phi) is 5.63. The van der Waals surface area contributed by atoms with E-state index in [2.05, 4.69) is 0 Å². The molecule has 3 aromatic rings. The molecule has 0 fully saturated rings. The van der Waals surface area contributed by atoms with E-state index in [4.69, 9.17) is 23.2 Å². The van der Waals surface area contributed by atoms with Crippen LogP contribution in [0.5, 0.6) is 0 Å². The number of rotatable bonds is 5. The van der Waals surface area contributed by atoms with Gasteiger partial charge in [0.15, 0.2) is 9.84 Å². The molecule has 140 valence electrons. The highest BCUT2D eigenvalue weighted by Crippen LogP contribution is 2.34. The predicted octanol–water partition coefficient (Wildman–Crippen LogP) is 5.01. The van der Waals surface area contributed by atoms with Gasteiger partial charge in [0.25, 0.3) is 0 Å². The summed E-state index contributed by atoms with van der Waals surface area (Å²) in [6.07, 6.45) is 0. The zero-order chi connectivity index (χ0) is 19.7. The molecular weight excluding hydrogens is 403 g/mol. The number of benzene rings is 3. The maximum Gasteiger partial charge on any atom is 0.181 e. The summed E-state index contributed by atoms with van der Waals surface area (Å²) in [5.74, 6) is -0.508. The van der Waals surface area contributed by atoms with Crippen LogP contribution < -0.4 is 0 Å². The highest BCUT2D eigenvalue weighted by molar-refractivity contribution is 7.91. The van der Waals surface area contributed by atoms with Crippen LogP contribution in [-0.2, 0) is 15.4 Å². The van der Waals surface area contributed by atoms with Gasteiger partial charge in [-0.1, -0.05) is 65.2 Å². The molecule has 0 spiro atoms. The van der Waals surface area contributed by atoms with Crippen molar-refractivity contribution in [3.8, 4) is 0 Å². The highest BCUT2D eigenvalue weighted by atomic mass is 35.5. The van der Waals surface area contributed by atoms with Crippen molar-refractivity contribution in [2.75, 3.05) is 5.75 Å². The number of aryl methyl sites for hydroxylation is 1. The SMILES string of the molecule is Cc1ccc(S(=O)(=O)CC(O)(c2ccc(Cl)cc2)c2ccc(Cl)cc2)cc1. The maximum atomic E-state index is 13.0. The van der Waals surface area contributed by atoms with E-state index in [1.807, 2.05) is 6.92 Å². The molecule has 0 saturated carbocycles. The molecule has 0 aliphatic carbocycles. The van der Waals surface area contributed by atoms with E-state index < -0.39 is 21.2 Å². The first kappa shape index (κ1) is 19.9. The van der Waals surface area contributed by atoms with Gasteiger partial charge in [0.05, 0.1) is 10.6 Å². The molecule has 3 nitrogen and oxygen atoms in total. The molecule has 0 unspecified atom stereocenters. The zero-order valence-electron chi connectivity index (χ0n) is 14.6. The molecule has 0 saturated heterocycles. The second-order valence-electron chi connectivity index (χ2n) is 6.45. The van der Waals surface area contributed by atoms with Crippen LogP contribution in [0.25, 0.3) is 0 Å². The lowest BCUT2D eigenvalue weighted by Gasteiger charge is -2.29. The molecular formula is C21H18Cl2O3S. The fourth-order valence-corrected chi connectivity index (χ4v) is 4.74. The number of sulfone groups is 1. The Labute approximate surface area is 169 Å². The van der Waals surface area contributed by atoms with E-state index >= 15 is 0 Å². The summed E-state index contributed by atoms with van der Waals surface area (Å²) in [4.78, 5) is 0.162. The van der Waals surface area contributed by atoms with E-state index in [1.165, 1.54) is 0 Å². The average molecular weight is 421 g/mol. The van der Waals surface area contributed by atoms with Crippen LogP contribution in [0.4, 0.5) is 0 Å². The van der Waals surface area contributed by atoms with E-state index in [0.29, 0.717) is 21.2 Å². The predicted molar refractivity (Wildman–Crippen MR) is 109 cm³/mol. The third-order valence-corrected chi connectivity index (χ3v) is 6.71. The molecule has 27 heavy (non-hydrogen) atoms. The van der Waals surface area contributed by atoms with Crippen LogP contribution in [0.15, 0.2) is 77.7 Å². The van der Waals surface area contributed by atoms with Gasteiger partial charge in [-0.25, -0.2) is 8.42 Å². The summed E-state index contributed by atoms with van der Waals surface area (Å²) in [7, 11) is -3.77. The fourth-order valence-electron chi connectivity index (χ4n) is 2.89. The Morgan fingerprint density at radius 2 is 1.19 bits per heavy atom. The minimum atomic E-state index is -3.77. The van der Waals surface area contributed by atoms with Gasteiger partial charge in [0, 0.05) is 10.0 Å². The molecule has 0 aliphatic rings. The Bertz CT molecular complexity index is 981. The quantitative estimate of drug-likeness (QED) is 0.630. The Hall–Kier alpha value is -1.85. The van der Waals surface area contributed by atoms with E-state index in [1.54, 1.807) is 72.8 Å². The van der Waals surface area contributed by atoms with Crippen molar-refractivity contribution < 1.29 is 13.5 Å². The van der Waals surface area contributed by atoms with Crippen LogP contribution in [-0.4, -0.2) is 19.3 Å². The minimum absolute atomic E-state index is 0.162. The molecule has 0 radical (unpaired) electrons. The summed E-state index contributed by atoms with van der Waals surface area (Å²) in [6.45, 7) is 1.88. The molecule has 6 heteroatoms. The second-order valence-corrected chi connectivity index (χ2v) is 9.31.